The van der Waals surface area contributed by atoms with Crippen LogP contribution in [0.2, 0.25) is 10.0 Å². The molecule has 2 aromatic carbocycles. The van der Waals surface area contributed by atoms with Gasteiger partial charge < -0.3 is 19.7 Å². The number of rotatable bonds is 9. The number of fused-ring (bicyclic) bond motifs is 1. The molecule has 1 N–H and O–H groups in total. The number of amides is 2. The number of hydrogen-bond acceptors (Lipinski definition) is 4. The SMILES string of the molecule is CCCNC(=O)[C@H](C)N(Cc1c(Cl)cccc1Cl)C(=O)CCc1ccc2c(c1)OCO2. The van der Waals surface area contributed by atoms with E-state index in [4.69, 9.17) is 32.7 Å². The van der Waals surface area contributed by atoms with Gasteiger partial charge in [-0.15, -0.1) is 0 Å². The number of nitrogens with one attached hydrogen (secondary N) is 1. The number of halogens is 2. The highest BCUT2D eigenvalue weighted by molar-refractivity contribution is 6.36. The second-order valence-electron chi connectivity index (χ2n) is 7.38. The second-order valence-corrected chi connectivity index (χ2v) is 8.19. The fourth-order valence-electron chi connectivity index (χ4n) is 3.32. The number of benzene rings is 2. The smallest absolute Gasteiger partial charge is 0.242 e. The Morgan fingerprint density at radius 1 is 1.13 bits per heavy atom. The highest BCUT2D eigenvalue weighted by Gasteiger charge is 2.27. The lowest BCUT2D eigenvalue weighted by molar-refractivity contribution is -0.140. The van der Waals surface area contributed by atoms with Crippen LogP contribution >= 0.6 is 23.2 Å². The van der Waals surface area contributed by atoms with E-state index >= 15 is 0 Å². The first-order valence-electron chi connectivity index (χ1n) is 10.3. The van der Waals surface area contributed by atoms with E-state index < -0.39 is 6.04 Å². The Labute approximate surface area is 192 Å². The minimum atomic E-state index is -0.664. The maximum Gasteiger partial charge on any atom is 0.242 e. The predicted molar refractivity (Wildman–Crippen MR) is 121 cm³/mol. The van der Waals surface area contributed by atoms with E-state index in [0.29, 0.717) is 40.1 Å². The van der Waals surface area contributed by atoms with Crippen molar-refractivity contribution in [2.45, 2.75) is 45.7 Å². The first-order valence-corrected chi connectivity index (χ1v) is 11.0. The van der Waals surface area contributed by atoms with Crippen LogP contribution in [0.4, 0.5) is 0 Å². The molecule has 1 atom stereocenters. The van der Waals surface area contributed by atoms with Gasteiger partial charge in [0.05, 0.1) is 0 Å². The molecule has 0 aliphatic carbocycles. The lowest BCUT2D eigenvalue weighted by Gasteiger charge is -2.29. The molecule has 0 unspecified atom stereocenters. The summed E-state index contributed by atoms with van der Waals surface area (Å²) in [5.74, 6) is 1.01. The van der Waals surface area contributed by atoms with Gasteiger partial charge in [0.25, 0.3) is 0 Å². The third kappa shape index (κ3) is 5.83. The van der Waals surface area contributed by atoms with Crippen molar-refractivity contribution in [2.24, 2.45) is 0 Å². The van der Waals surface area contributed by atoms with E-state index in [2.05, 4.69) is 5.32 Å². The van der Waals surface area contributed by atoms with E-state index in [1.165, 1.54) is 4.90 Å². The molecule has 2 aromatic rings. The van der Waals surface area contributed by atoms with Crippen LogP contribution in [0, 0.1) is 0 Å². The molecule has 0 bridgehead atoms. The molecule has 0 saturated carbocycles. The summed E-state index contributed by atoms with van der Waals surface area (Å²) in [6, 6.07) is 10.2. The van der Waals surface area contributed by atoms with Crippen LogP contribution in [0.15, 0.2) is 36.4 Å². The fraction of sp³-hybridized carbons (Fsp3) is 0.391. The molecular weight excluding hydrogens is 439 g/mol. The van der Waals surface area contributed by atoms with E-state index in [0.717, 1.165) is 12.0 Å². The molecule has 1 aliphatic rings. The Morgan fingerprint density at radius 3 is 2.55 bits per heavy atom. The number of hydrogen-bond donors (Lipinski definition) is 1. The molecule has 1 aliphatic heterocycles. The molecule has 0 spiro atoms. The van der Waals surface area contributed by atoms with Crippen molar-refractivity contribution >= 4 is 35.0 Å². The quantitative estimate of drug-likeness (QED) is 0.588. The van der Waals surface area contributed by atoms with Gasteiger partial charge in [-0.2, -0.15) is 0 Å². The van der Waals surface area contributed by atoms with Gasteiger partial charge in [-0.3, -0.25) is 9.59 Å². The zero-order chi connectivity index (χ0) is 22.4. The van der Waals surface area contributed by atoms with Gasteiger partial charge in [-0.05, 0) is 49.6 Å². The lowest BCUT2D eigenvalue weighted by atomic mass is 10.1. The maximum absolute atomic E-state index is 13.2. The van der Waals surface area contributed by atoms with E-state index in [1.807, 2.05) is 25.1 Å². The van der Waals surface area contributed by atoms with Crippen LogP contribution in [0.3, 0.4) is 0 Å². The molecule has 0 aromatic heterocycles. The van der Waals surface area contributed by atoms with Gasteiger partial charge in [0, 0.05) is 35.1 Å². The molecule has 3 rings (SSSR count). The average Bonchev–Trinajstić information content (AvgIpc) is 3.23. The van der Waals surface area contributed by atoms with Crippen LogP contribution in [0.5, 0.6) is 11.5 Å². The molecule has 8 heteroatoms. The zero-order valence-electron chi connectivity index (χ0n) is 17.6. The second kappa shape index (κ2) is 10.7. The fourth-order valence-corrected chi connectivity index (χ4v) is 3.84. The van der Waals surface area contributed by atoms with Crippen LogP contribution in [-0.4, -0.2) is 36.1 Å². The third-order valence-electron chi connectivity index (χ3n) is 5.17. The van der Waals surface area contributed by atoms with Crippen molar-refractivity contribution < 1.29 is 19.1 Å². The minimum Gasteiger partial charge on any atom is -0.454 e. The molecule has 1 heterocycles. The molecule has 0 radical (unpaired) electrons. The van der Waals surface area contributed by atoms with Crippen molar-refractivity contribution in [2.75, 3.05) is 13.3 Å². The summed E-state index contributed by atoms with van der Waals surface area (Å²) < 4.78 is 10.7. The zero-order valence-corrected chi connectivity index (χ0v) is 19.1. The largest absolute Gasteiger partial charge is 0.454 e. The van der Waals surface area contributed by atoms with Crippen molar-refractivity contribution in [3.63, 3.8) is 0 Å². The Hall–Kier alpha value is -2.44. The van der Waals surface area contributed by atoms with Crippen molar-refractivity contribution in [1.29, 1.82) is 0 Å². The predicted octanol–water partition coefficient (Wildman–Crippen LogP) is 4.60. The van der Waals surface area contributed by atoms with Crippen LogP contribution in [0.1, 0.15) is 37.8 Å². The molecule has 0 fully saturated rings. The third-order valence-corrected chi connectivity index (χ3v) is 5.88. The lowest BCUT2D eigenvalue weighted by Crippen LogP contribution is -2.47. The summed E-state index contributed by atoms with van der Waals surface area (Å²) in [7, 11) is 0. The molecular formula is C23H26Cl2N2O4. The van der Waals surface area contributed by atoms with E-state index in [9.17, 15) is 9.59 Å². The maximum atomic E-state index is 13.2. The van der Waals surface area contributed by atoms with Crippen LogP contribution < -0.4 is 14.8 Å². The Balaban J connectivity index is 1.75. The highest BCUT2D eigenvalue weighted by Crippen LogP contribution is 2.33. The summed E-state index contributed by atoms with van der Waals surface area (Å²) in [6.07, 6.45) is 1.55. The first kappa shape index (κ1) is 23.2. The van der Waals surface area contributed by atoms with E-state index in [1.54, 1.807) is 25.1 Å². The number of nitrogens with zero attached hydrogens (tertiary/aromatic N) is 1. The van der Waals surface area contributed by atoms with Crippen molar-refractivity contribution in [3.8, 4) is 11.5 Å². The van der Waals surface area contributed by atoms with Gasteiger partial charge in [0.1, 0.15) is 6.04 Å². The van der Waals surface area contributed by atoms with Gasteiger partial charge in [0.2, 0.25) is 18.6 Å². The standard InChI is InChI=1S/C23H26Cl2N2O4/c1-3-11-26-23(29)15(2)27(13-17-18(24)5-4-6-19(17)25)22(28)10-8-16-7-9-20-21(12-16)31-14-30-20/h4-7,9,12,15H,3,8,10-11,13-14H2,1-2H3,(H,26,29)/t15-/m0/s1. The molecule has 0 saturated heterocycles. The normalized spacial score (nSPS) is 13.0. The van der Waals surface area contributed by atoms with Gasteiger partial charge in [-0.1, -0.05) is 42.3 Å². The summed E-state index contributed by atoms with van der Waals surface area (Å²) in [4.78, 5) is 27.3. The first-order chi connectivity index (χ1) is 14.9. The van der Waals surface area contributed by atoms with Crippen molar-refractivity contribution in [3.05, 3.63) is 57.6 Å². The Bertz CT molecular complexity index is 931. The Kier molecular flexibility index (Phi) is 8.04. The number of carbonyl (C=O) groups excluding carboxylic acids is 2. The van der Waals surface area contributed by atoms with Crippen LogP contribution in [-0.2, 0) is 22.6 Å². The summed E-state index contributed by atoms with van der Waals surface area (Å²) in [5.41, 5.74) is 1.58. The minimum absolute atomic E-state index is 0.152. The van der Waals surface area contributed by atoms with E-state index in [-0.39, 0.29) is 31.6 Å². The van der Waals surface area contributed by atoms with Crippen molar-refractivity contribution in [1.82, 2.24) is 10.2 Å². The van der Waals surface area contributed by atoms with Gasteiger partial charge in [0.15, 0.2) is 11.5 Å². The molecule has 166 valence electrons. The van der Waals surface area contributed by atoms with Gasteiger partial charge in [-0.25, -0.2) is 0 Å². The summed E-state index contributed by atoms with van der Waals surface area (Å²) >= 11 is 12.6. The average molecular weight is 465 g/mol. The summed E-state index contributed by atoms with van der Waals surface area (Å²) in [6.45, 7) is 4.60. The number of carbonyl (C=O) groups is 2. The summed E-state index contributed by atoms with van der Waals surface area (Å²) in [5, 5.41) is 3.78. The number of ether oxygens (including phenoxy) is 2. The molecule has 31 heavy (non-hydrogen) atoms. The molecule has 6 nitrogen and oxygen atoms in total. The Morgan fingerprint density at radius 2 is 1.84 bits per heavy atom. The van der Waals surface area contributed by atoms with Gasteiger partial charge >= 0.3 is 0 Å². The monoisotopic (exact) mass is 464 g/mol. The topological polar surface area (TPSA) is 67.9 Å². The number of aryl methyl sites for hydroxylation is 1. The molecule has 2 amide bonds. The van der Waals surface area contributed by atoms with Crippen LogP contribution in [0.25, 0.3) is 0 Å². The highest BCUT2D eigenvalue weighted by atomic mass is 35.5.